The fraction of sp³-hybridized carbons (Fsp3) is 0.273. The molecule has 0 amide bonds. The molecular weight excluding hydrogens is 222 g/mol. The van der Waals surface area contributed by atoms with Crippen LogP contribution in [0.25, 0.3) is 11.1 Å². The average Bonchev–Trinajstić information content (AvgIpc) is 2.66. The van der Waals surface area contributed by atoms with E-state index in [0.717, 1.165) is 17.7 Å². The Morgan fingerprint density at radius 2 is 2.38 bits per heavy atom. The number of fused-ring (bicyclic) bond motifs is 1. The van der Waals surface area contributed by atoms with Crippen molar-refractivity contribution in [2.45, 2.75) is 18.1 Å². The lowest BCUT2D eigenvalue weighted by Crippen LogP contribution is -1.81. The first-order valence-electron chi connectivity index (χ1n) is 4.95. The number of nitrogen functional groups attached to an aromatic ring is 1. The first-order valence-corrected chi connectivity index (χ1v) is 5.94. The lowest BCUT2D eigenvalue weighted by atomic mass is 10.3. The van der Waals surface area contributed by atoms with E-state index in [1.807, 2.05) is 6.07 Å². The number of thioether (sulfide) groups is 1. The summed E-state index contributed by atoms with van der Waals surface area (Å²) in [5.41, 5.74) is 7.84. The van der Waals surface area contributed by atoms with Crippen LogP contribution in [0, 0.1) is 11.3 Å². The van der Waals surface area contributed by atoms with Gasteiger partial charge < -0.3 is 10.2 Å². The monoisotopic (exact) mass is 233 g/mol. The van der Waals surface area contributed by atoms with E-state index < -0.39 is 0 Å². The van der Waals surface area contributed by atoms with Crippen molar-refractivity contribution in [3.63, 3.8) is 0 Å². The lowest BCUT2D eigenvalue weighted by Gasteiger charge is -1.91. The summed E-state index contributed by atoms with van der Waals surface area (Å²) >= 11 is 1.52. The third-order valence-corrected chi connectivity index (χ3v) is 2.97. The van der Waals surface area contributed by atoms with E-state index in [9.17, 15) is 0 Å². The molecule has 82 valence electrons. The maximum absolute atomic E-state index is 8.40. The van der Waals surface area contributed by atoms with Gasteiger partial charge in [-0.15, -0.1) is 0 Å². The maximum atomic E-state index is 8.40. The lowest BCUT2D eigenvalue weighted by molar-refractivity contribution is 0.489. The summed E-state index contributed by atoms with van der Waals surface area (Å²) in [5, 5.41) is 9.03. The van der Waals surface area contributed by atoms with Gasteiger partial charge in [0.15, 0.2) is 5.58 Å². The van der Waals surface area contributed by atoms with Crippen molar-refractivity contribution in [3.05, 3.63) is 18.2 Å². The molecule has 16 heavy (non-hydrogen) atoms. The first kappa shape index (κ1) is 10.8. The zero-order valence-corrected chi connectivity index (χ0v) is 9.46. The van der Waals surface area contributed by atoms with Gasteiger partial charge in [-0.05, 0) is 18.6 Å². The predicted octanol–water partition coefficient (Wildman–Crippen LogP) is 2.81. The largest absolute Gasteiger partial charge is 0.431 e. The van der Waals surface area contributed by atoms with Crippen LogP contribution < -0.4 is 5.73 Å². The van der Waals surface area contributed by atoms with Crippen LogP contribution in [0.15, 0.2) is 27.8 Å². The van der Waals surface area contributed by atoms with E-state index in [0.29, 0.717) is 22.9 Å². The van der Waals surface area contributed by atoms with Gasteiger partial charge in [0, 0.05) is 23.9 Å². The average molecular weight is 233 g/mol. The minimum atomic E-state index is 0.570. The molecule has 0 bridgehead atoms. The highest BCUT2D eigenvalue weighted by atomic mass is 32.2. The van der Waals surface area contributed by atoms with Crippen LogP contribution in [-0.4, -0.2) is 10.7 Å². The molecule has 2 rings (SSSR count). The van der Waals surface area contributed by atoms with E-state index in [-0.39, 0.29) is 0 Å². The van der Waals surface area contributed by atoms with Crippen molar-refractivity contribution in [1.82, 2.24) is 4.98 Å². The molecule has 5 heteroatoms. The van der Waals surface area contributed by atoms with E-state index in [1.54, 1.807) is 12.1 Å². The van der Waals surface area contributed by atoms with Crippen LogP contribution >= 0.6 is 11.8 Å². The number of unbranched alkanes of at least 4 members (excludes halogenated alkanes) is 1. The van der Waals surface area contributed by atoms with Crippen LogP contribution in [0.3, 0.4) is 0 Å². The number of nitriles is 1. The number of hydrogen-bond donors (Lipinski definition) is 1. The zero-order chi connectivity index (χ0) is 11.4. The van der Waals surface area contributed by atoms with Crippen LogP contribution in [0.4, 0.5) is 5.69 Å². The Bertz CT molecular complexity index is 529. The summed E-state index contributed by atoms with van der Waals surface area (Å²) in [6, 6.07) is 7.51. The van der Waals surface area contributed by atoms with Crippen molar-refractivity contribution in [3.8, 4) is 6.07 Å². The van der Waals surface area contributed by atoms with Crippen LogP contribution in [0.2, 0.25) is 0 Å². The summed E-state index contributed by atoms with van der Waals surface area (Å²) in [5.74, 6) is 0.843. The Hall–Kier alpha value is -1.67. The Morgan fingerprint density at radius 3 is 3.19 bits per heavy atom. The first-order chi connectivity index (χ1) is 7.79. The zero-order valence-electron chi connectivity index (χ0n) is 8.64. The minimum absolute atomic E-state index is 0.570. The summed E-state index contributed by atoms with van der Waals surface area (Å²) < 4.78 is 5.52. The quantitative estimate of drug-likeness (QED) is 0.499. The Labute approximate surface area is 97.4 Å². The molecular formula is C11H11N3OS. The number of oxazole rings is 1. The second-order valence-electron chi connectivity index (χ2n) is 3.32. The SMILES string of the molecule is N#CCCCSc1nc2ccc(N)cc2o1. The maximum Gasteiger partial charge on any atom is 0.256 e. The molecule has 4 nitrogen and oxygen atoms in total. The molecule has 1 aromatic carbocycles. The number of nitrogens with zero attached hydrogens (tertiary/aromatic N) is 2. The van der Waals surface area contributed by atoms with Crippen LogP contribution in [-0.2, 0) is 0 Å². The van der Waals surface area contributed by atoms with Crippen molar-refractivity contribution in [2.75, 3.05) is 11.5 Å². The molecule has 0 saturated carbocycles. The smallest absolute Gasteiger partial charge is 0.256 e. The molecule has 2 aromatic rings. The molecule has 1 aromatic heterocycles. The van der Waals surface area contributed by atoms with Gasteiger partial charge in [0.2, 0.25) is 0 Å². The van der Waals surface area contributed by atoms with Gasteiger partial charge in [0.05, 0.1) is 6.07 Å². The summed E-state index contributed by atoms with van der Waals surface area (Å²) in [6.07, 6.45) is 1.42. The molecule has 0 aliphatic heterocycles. The van der Waals surface area contributed by atoms with Crippen molar-refractivity contribution < 1.29 is 4.42 Å². The molecule has 0 fully saturated rings. The number of anilines is 1. The minimum Gasteiger partial charge on any atom is -0.431 e. The number of aromatic nitrogens is 1. The van der Waals surface area contributed by atoms with Gasteiger partial charge in [-0.3, -0.25) is 0 Å². The second kappa shape index (κ2) is 4.90. The van der Waals surface area contributed by atoms with Crippen LogP contribution in [0.1, 0.15) is 12.8 Å². The molecule has 0 spiro atoms. The van der Waals surface area contributed by atoms with Gasteiger partial charge in [-0.25, -0.2) is 4.98 Å². The molecule has 0 aliphatic carbocycles. The summed E-state index contributed by atoms with van der Waals surface area (Å²) in [7, 11) is 0. The predicted molar refractivity (Wildman–Crippen MR) is 64.0 cm³/mol. The van der Waals surface area contributed by atoms with Crippen molar-refractivity contribution in [1.29, 1.82) is 5.26 Å². The van der Waals surface area contributed by atoms with E-state index in [2.05, 4.69) is 11.1 Å². The van der Waals surface area contributed by atoms with Gasteiger partial charge in [0.1, 0.15) is 5.52 Å². The van der Waals surface area contributed by atoms with Crippen LogP contribution in [0.5, 0.6) is 0 Å². The highest BCUT2D eigenvalue weighted by molar-refractivity contribution is 7.99. The fourth-order valence-electron chi connectivity index (χ4n) is 1.29. The Balaban J connectivity index is 2.06. The molecule has 2 N–H and O–H groups in total. The second-order valence-corrected chi connectivity index (χ2v) is 4.36. The standard InChI is InChI=1S/C11H11N3OS/c12-5-1-2-6-16-11-14-9-4-3-8(13)7-10(9)15-11/h3-4,7H,1-2,6,13H2. The van der Waals surface area contributed by atoms with Gasteiger partial charge in [-0.1, -0.05) is 11.8 Å². The molecule has 0 aliphatic rings. The van der Waals surface area contributed by atoms with Crippen molar-refractivity contribution in [2.24, 2.45) is 0 Å². The molecule has 1 heterocycles. The number of benzene rings is 1. The van der Waals surface area contributed by atoms with E-state index in [1.165, 1.54) is 11.8 Å². The Morgan fingerprint density at radius 1 is 1.50 bits per heavy atom. The van der Waals surface area contributed by atoms with Gasteiger partial charge >= 0.3 is 0 Å². The summed E-state index contributed by atoms with van der Waals surface area (Å²) in [4.78, 5) is 4.31. The molecule has 0 atom stereocenters. The number of hydrogen-bond acceptors (Lipinski definition) is 5. The highest BCUT2D eigenvalue weighted by Crippen LogP contribution is 2.25. The third kappa shape index (κ3) is 2.47. The van der Waals surface area contributed by atoms with E-state index >= 15 is 0 Å². The summed E-state index contributed by atoms with van der Waals surface area (Å²) in [6.45, 7) is 0. The molecule has 0 saturated heterocycles. The van der Waals surface area contributed by atoms with Gasteiger partial charge in [0.25, 0.3) is 5.22 Å². The third-order valence-electron chi connectivity index (χ3n) is 2.05. The number of rotatable bonds is 4. The molecule has 0 unspecified atom stereocenters. The van der Waals surface area contributed by atoms with Gasteiger partial charge in [-0.2, -0.15) is 5.26 Å². The normalized spacial score (nSPS) is 10.4. The Kier molecular flexibility index (Phi) is 3.32. The van der Waals surface area contributed by atoms with E-state index in [4.69, 9.17) is 15.4 Å². The molecule has 0 radical (unpaired) electrons. The topological polar surface area (TPSA) is 75.8 Å². The number of nitrogens with two attached hydrogens (primary N) is 1. The fourth-order valence-corrected chi connectivity index (χ4v) is 2.07. The highest BCUT2D eigenvalue weighted by Gasteiger charge is 2.05. The van der Waals surface area contributed by atoms with Crippen molar-refractivity contribution >= 4 is 28.5 Å².